The monoisotopic (exact) mass is 363 g/mol. The van der Waals surface area contributed by atoms with Crippen LogP contribution in [0.25, 0.3) is 11.1 Å². The number of aryl methyl sites for hydroxylation is 1. The Morgan fingerprint density at radius 3 is 2.40 bits per heavy atom. The maximum Gasteiger partial charge on any atom is 0.280 e. The van der Waals surface area contributed by atoms with Crippen LogP contribution in [0.3, 0.4) is 0 Å². The molecule has 4 nitrogen and oxygen atoms in total. The van der Waals surface area contributed by atoms with Gasteiger partial charge in [0.1, 0.15) is 5.82 Å². The highest BCUT2D eigenvalue weighted by atomic mass is 28.3. The summed E-state index contributed by atoms with van der Waals surface area (Å²) in [5, 5.41) is 10.9. The molecule has 0 saturated heterocycles. The van der Waals surface area contributed by atoms with Crippen molar-refractivity contribution in [3.8, 4) is 11.1 Å². The molecular weight excluding hydrogens is 337 g/mol. The summed E-state index contributed by atoms with van der Waals surface area (Å²) < 4.78 is 18.4. The highest BCUT2D eigenvalue weighted by molar-refractivity contribution is 6.48. The summed E-state index contributed by atoms with van der Waals surface area (Å²) in [5.74, 6) is -0.603. The van der Waals surface area contributed by atoms with Crippen molar-refractivity contribution >= 4 is 14.7 Å². The van der Waals surface area contributed by atoms with Crippen LogP contribution in [0.15, 0.2) is 42.5 Å². The van der Waals surface area contributed by atoms with Gasteiger partial charge in [-0.1, -0.05) is 37.6 Å². The minimum Gasteiger partial charge on any atom is -0.421 e. The van der Waals surface area contributed by atoms with Crippen LogP contribution in [-0.4, -0.2) is 20.6 Å². The van der Waals surface area contributed by atoms with Gasteiger partial charge in [0.15, 0.2) is 9.04 Å². The van der Waals surface area contributed by atoms with Crippen LogP contribution in [0, 0.1) is 22.9 Å². The Hall–Kier alpha value is -2.05. The van der Waals surface area contributed by atoms with Gasteiger partial charge in [-0.15, -0.1) is 0 Å². The number of nitro groups is 1. The van der Waals surface area contributed by atoms with Gasteiger partial charge in [0.05, 0.1) is 16.6 Å². The van der Waals surface area contributed by atoms with Crippen LogP contribution in [0.4, 0.5) is 10.1 Å². The van der Waals surface area contributed by atoms with Gasteiger partial charge in [-0.3, -0.25) is 10.1 Å². The maximum absolute atomic E-state index is 13.0. The van der Waals surface area contributed by atoms with Crippen LogP contribution in [0.2, 0.25) is 13.1 Å². The molecule has 0 unspecified atom stereocenters. The number of benzene rings is 2. The van der Waals surface area contributed by atoms with Crippen molar-refractivity contribution in [1.82, 2.24) is 0 Å². The van der Waals surface area contributed by atoms with E-state index in [4.69, 9.17) is 4.43 Å². The van der Waals surface area contributed by atoms with E-state index < -0.39 is 19.8 Å². The van der Waals surface area contributed by atoms with Gasteiger partial charge >= 0.3 is 0 Å². The summed E-state index contributed by atoms with van der Waals surface area (Å²) in [5.41, 5.74) is 1.90. The highest BCUT2D eigenvalue weighted by Crippen LogP contribution is 2.32. The summed E-state index contributed by atoms with van der Waals surface area (Å²) in [7, 11) is -0.702. The van der Waals surface area contributed by atoms with Crippen molar-refractivity contribution in [3.05, 3.63) is 64.0 Å². The second-order valence-electron chi connectivity index (χ2n) is 6.01. The lowest BCUT2D eigenvalue weighted by atomic mass is 9.99. The van der Waals surface area contributed by atoms with Crippen molar-refractivity contribution < 1.29 is 13.7 Å². The molecule has 0 saturated carbocycles. The Balaban J connectivity index is 0.000000333. The van der Waals surface area contributed by atoms with Gasteiger partial charge in [0, 0.05) is 6.61 Å². The minimum absolute atomic E-state index is 0.209. The van der Waals surface area contributed by atoms with Crippen LogP contribution in [0.5, 0.6) is 0 Å². The fourth-order valence-electron chi connectivity index (χ4n) is 2.22. The number of hydrogen-bond acceptors (Lipinski definition) is 3. The molecule has 0 fully saturated rings. The Labute approximate surface area is 150 Å². The van der Waals surface area contributed by atoms with Crippen LogP contribution in [-0.2, 0) is 4.43 Å². The fraction of sp³-hybridized carbons (Fsp3) is 0.368. The van der Waals surface area contributed by atoms with Gasteiger partial charge in [-0.25, -0.2) is 4.39 Å². The van der Waals surface area contributed by atoms with Gasteiger partial charge < -0.3 is 4.43 Å². The zero-order valence-electron chi connectivity index (χ0n) is 15.3. The highest BCUT2D eigenvalue weighted by Gasteiger charge is 2.17. The third-order valence-electron chi connectivity index (χ3n) is 3.54. The lowest BCUT2D eigenvalue weighted by Gasteiger charge is -2.06. The molecule has 2 rings (SSSR count). The summed E-state index contributed by atoms with van der Waals surface area (Å²) in [4.78, 5) is 10.3. The average Bonchev–Trinajstić information content (AvgIpc) is 2.56. The second-order valence-corrected chi connectivity index (χ2v) is 8.44. The predicted octanol–water partition coefficient (Wildman–Crippen LogP) is 5.50. The van der Waals surface area contributed by atoms with Crippen molar-refractivity contribution in [2.75, 3.05) is 6.61 Å². The molecule has 0 bridgehead atoms. The van der Waals surface area contributed by atoms with E-state index in [9.17, 15) is 14.5 Å². The Kier molecular flexibility index (Phi) is 9.02. The predicted molar refractivity (Wildman–Crippen MR) is 103 cm³/mol. The molecule has 2 aromatic rings. The third-order valence-corrected chi connectivity index (χ3v) is 4.44. The van der Waals surface area contributed by atoms with Crippen molar-refractivity contribution in [2.24, 2.45) is 0 Å². The number of nitro benzene ring substituents is 1. The molecular formula is C19H26FNO3Si. The van der Waals surface area contributed by atoms with E-state index in [0.717, 1.165) is 23.8 Å². The lowest BCUT2D eigenvalue weighted by Crippen LogP contribution is -2.07. The van der Waals surface area contributed by atoms with Gasteiger partial charge in [-0.2, -0.15) is 0 Å². The first-order valence-corrected chi connectivity index (χ1v) is 11.3. The van der Waals surface area contributed by atoms with Crippen LogP contribution >= 0.6 is 0 Å². The molecule has 136 valence electrons. The van der Waals surface area contributed by atoms with Gasteiger partial charge in [0.2, 0.25) is 0 Å². The normalized spacial score (nSPS) is 10.3. The van der Waals surface area contributed by atoms with E-state index >= 15 is 0 Å². The molecule has 0 N–H and O–H groups in total. The molecule has 0 aliphatic heterocycles. The minimum atomic E-state index is -0.702. The topological polar surface area (TPSA) is 52.4 Å². The van der Waals surface area contributed by atoms with E-state index in [0.29, 0.717) is 5.56 Å². The average molecular weight is 364 g/mol. The van der Waals surface area contributed by atoms with E-state index in [1.807, 2.05) is 19.1 Å². The standard InChI is InChI=1S/C13H10FNO2.C6H16OSi/c1-9-4-2-3-5-11(9)12-7-6-10(14)8-13(12)15(16)17;1-4-5-6-7-8(2)3/h2-8H,1H3;8H,4-6H2,1-3H3. The Bertz CT molecular complexity index is 692. The molecule has 0 aromatic heterocycles. The lowest BCUT2D eigenvalue weighted by molar-refractivity contribution is -0.384. The van der Waals surface area contributed by atoms with Gasteiger partial charge in [0.25, 0.3) is 5.69 Å². The van der Waals surface area contributed by atoms with Crippen LogP contribution in [0.1, 0.15) is 25.3 Å². The Morgan fingerprint density at radius 1 is 1.16 bits per heavy atom. The zero-order chi connectivity index (χ0) is 18.8. The number of nitrogens with zero attached hydrogens (tertiary/aromatic N) is 1. The van der Waals surface area contributed by atoms with Crippen molar-refractivity contribution in [1.29, 1.82) is 0 Å². The molecule has 0 amide bonds. The summed E-state index contributed by atoms with van der Waals surface area (Å²) in [6, 6.07) is 10.9. The first kappa shape index (κ1) is 21.0. The van der Waals surface area contributed by atoms with Crippen molar-refractivity contribution in [2.45, 2.75) is 39.8 Å². The van der Waals surface area contributed by atoms with E-state index in [2.05, 4.69) is 20.0 Å². The molecule has 0 heterocycles. The first-order valence-electron chi connectivity index (χ1n) is 8.48. The summed E-state index contributed by atoms with van der Waals surface area (Å²) in [6.07, 6.45) is 2.48. The number of hydrogen-bond donors (Lipinski definition) is 0. The van der Waals surface area contributed by atoms with Crippen LogP contribution < -0.4 is 0 Å². The molecule has 2 aromatic carbocycles. The van der Waals surface area contributed by atoms with Crippen molar-refractivity contribution in [3.63, 3.8) is 0 Å². The van der Waals surface area contributed by atoms with E-state index in [-0.39, 0.29) is 5.69 Å². The number of unbranched alkanes of at least 4 members (excludes halogenated alkanes) is 1. The molecule has 25 heavy (non-hydrogen) atoms. The zero-order valence-corrected chi connectivity index (χ0v) is 16.4. The van der Waals surface area contributed by atoms with E-state index in [1.165, 1.54) is 25.0 Å². The number of rotatable bonds is 6. The third kappa shape index (κ3) is 7.15. The molecule has 6 heteroatoms. The SMILES string of the molecule is CCCCO[SiH](C)C.Cc1ccccc1-c1ccc(F)cc1[N+](=O)[O-]. The summed E-state index contributed by atoms with van der Waals surface area (Å²) in [6.45, 7) is 9.44. The van der Waals surface area contributed by atoms with E-state index in [1.54, 1.807) is 12.1 Å². The molecule has 0 aliphatic carbocycles. The summed E-state index contributed by atoms with van der Waals surface area (Å²) >= 11 is 0. The molecule has 0 spiro atoms. The number of halogens is 1. The smallest absolute Gasteiger partial charge is 0.280 e. The molecule has 0 aliphatic rings. The molecule has 0 radical (unpaired) electrons. The molecule has 0 atom stereocenters. The quantitative estimate of drug-likeness (QED) is 0.295. The van der Waals surface area contributed by atoms with Gasteiger partial charge in [-0.05, 0) is 49.7 Å². The largest absolute Gasteiger partial charge is 0.421 e. The fourth-order valence-corrected chi connectivity index (χ4v) is 2.86. The second kappa shape index (κ2) is 10.7. The maximum atomic E-state index is 13.0. The Morgan fingerprint density at radius 2 is 1.84 bits per heavy atom. The first-order chi connectivity index (χ1) is 11.9.